The Hall–Kier alpha value is -1.81. The molecule has 94 valence electrons. The number of carbonyl (C=O) groups excluding carboxylic acids is 1. The van der Waals surface area contributed by atoms with Crippen LogP contribution < -0.4 is 0 Å². The second-order valence-electron chi connectivity index (χ2n) is 3.78. The molecule has 0 spiro atoms. The molecule has 5 heteroatoms. The number of nitrogens with zero attached hydrogens (tertiary/aromatic N) is 1. The van der Waals surface area contributed by atoms with E-state index in [1.165, 1.54) is 0 Å². The molecule has 1 aromatic carbocycles. The highest BCUT2D eigenvalue weighted by Gasteiger charge is 2.10. The van der Waals surface area contributed by atoms with E-state index in [2.05, 4.69) is 9.97 Å². The molecule has 0 unspecified atom stereocenters. The number of benzene rings is 1. The number of ether oxygens (including phenoxy) is 1. The first-order chi connectivity index (χ1) is 8.69. The van der Waals surface area contributed by atoms with Gasteiger partial charge in [0.15, 0.2) is 0 Å². The third-order valence-corrected chi connectivity index (χ3v) is 2.66. The number of aromatic nitrogens is 2. The van der Waals surface area contributed by atoms with Gasteiger partial charge in [0, 0.05) is 23.3 Å². The Morgan fingerprint density at radius 2 is 2.11 bits per heavy atom. The zero-order valence-electron chi connectivity index (χ0n) is 9.94. The van der Waals surface area contributed by atoms with Crippen LogP contribution in [-0.2, 0) is 11.2 Å². The SMILES string of the molecule is CCOC(=O)c1ncc(Cc2ccc(Cl)cc2)[nH]1. The fourth-order valence-electron chi connectivity index (χ4n) is 1.57. The van der Waals surface area contributed by atoms with Gasteiger partial charge in [-0.1, -0.05) is 23.7 Å². The Morgan fingerprint density at radius 3 is 2.78 bits per heavy atom. The van der Waals surface area contributed by atoms with Crippen molar-refractivity contribution in [1.29, 1.82) is 0 Å². The molecule has 0 radical (unpaired) electrons. The molecule has 0 aliphatic heterocycles. The van der Waals surface area contributed by atoms with Gasteiger partial charge in [-0.15, -0.1) is 0 Å². The van der Waals surface area contributed by atoms with Crippen molar-refractivity contribution in [2.75, 3.05) is 6.61 Å². The van der Waals surface area contributed by atoms with Crippen LogP contribution in [0.4, 0.5) is 0 Å². The minimum Gasteiger partial charge on any atom is -0.460 e. The molecule has 18 heavy (non-hydrogen) atoms. The van der Waals surface area contributed by atoms with Gasteiger partial charge < -0.3 is 9.72 Å². The first kappa shape index (κ1) is 12.6. The first-order valence-electron chi connectivity index (χ1n) is 5.64. The summed E-state index contributed by atoms with van der Waals surface area (Å²) < 4.78 is 4.86. The summed E-state index contributed by atoms with van der Waals surface area (Å²) in [4.78, 5) is 18.4. The summed E-state index contributed by atoms with van der Waals surface area (Å²) in [6, 6.07) is 7.54. The van der Waals surface area contributed by atoms with E-state index in [0.29, 0.717) is 18.1 Å². The smallest absolute Gasteiger partial charge is 0.374 e. The second-order valence-corrected chi connectivity index (χ2v) is 4.22. The van der Waals surface area contributed by atoms with Crippen molar-refractivity contribution >= 4 is 17.6 Å². The van der Waals surface area contributed by atoms with Crippen molar-refractivity contribution in [3.63, 3.8) is 0 Å². The van der Waals surface area contributed by atoms with E-state index in [4.69, 9.17) is 16.3 Å². The van der Waals surface area contributed by atoms with E-state index in [1.807, 2.05) is 24.3 Å². The molecule has 4 nitrogen and oxygen atoms in total. The van der Waals surface area contributed by atoms with Gasteiger partial charge >= 0.3 is 5.97 Å². The predicted molar refractivity (Wildman–Crippen MR) is 68.8 cm³/mol. The molecule has 0 atom stereocenters. The summed E-state index contributed by atoms with van der Waals surface area (Å²) >= 11 is 5.81. The van der Waals surface area contributed by atoms with Crippen LogP contribution in [0, 0.1) is 0 Å². The third kappa shape index (κ3) is 3.11. The summed E-state index contributed by atoms with van der Waals surface area (Å²) in [6.45, 7) is 2.10. The van der Waals surface area contributed by atoms with E-state index >= 15 is 0 Å². The molecule has 2 rings (SSSR count). The summed E-state index contributed by atoms with van der Waals surface area (Å²) in [5, 5.41) is 0.704. The fraction of sp³-hybridized carbons (Fsp3) is 0.231. The maximum Gasteiger partial charge on any atom is 0.374 e. The minimum atomic E-state index is -0.431. The lowest BCUT2D eigenvalue weighted by atomic mass is 10.1. The van der Waals surface area contributed by atoms with E-state index in [0.717, 1.165) is 11.3 Å². The number of halogens is 1. The van der Waals surface area contributed by atoms with Crippen LogP contribution >= 0.6 is 11.6 Å². The van der Waals surface area contributed by atoms with Gasteiger partial charge in [0.25, 0.3) is 0 Å². The molecule has 2 aromatic rings. The normalized spacial score (nSPS) is 10.3. The molecule has 1 aromatic heterocycles. The number of carbonyl (C=O) groups is 1. The number of H-pyrrole nitrogens is 1. The lowest BCUT2D eigenvalue weighted by Crippen LogP contribution is -2.06. The Labute approximate surface area is 110 Å². The van der Waals surface area contributed by atoms with E-state index in [9.17, 15) is 4.79 Å². The van der Waals surface area contributed by atoms with Crippen molar-refractivity contribution < 1.29 is 9.53 Å². The van der Waals surface area contributed by atoms with E-state index < -0.39 is 5.97 Å². The maximum absolute atomic E-state index is 11.4. The van der Waals surface area contributed by atoms with Crippen LogP contribution in [0.25, 0.3) is 0 Å². The number of rotatable bonds is 4. The van der Waals surface area contributed by atoms with Gasteiger partial charge in [-0.25, -0.2) is 9.78 Å². The van der Waals surface area contributed by atoms with Crippen molar-refractivity contribution in [3.8, 4) is 0 Å². The average molecular weight is 265 g/mol. The Balaban J connectivity index is 2.06. The Bertz CT molecular complexity index is 534. The molecule has 0 bridgehead atoms. The average Bonchev–Trinajstić information content (AvgIpc) is 2.81. The zero-order chi connectivity index (χ0) is 13.0. The molecular formula is C13H13ClN2O2. The summed E-state index contributed by atoms with van der Waals surface area (Å²) in [5.74, 6) is -0.194. The van der Waals surface area contributed by atoms with Crippen LogP contribution in [0.1, 0.15) is 28.8 Å². The fourth-order valence-corrected chi connectivity index (χ4v) is 1.70. The number of aromatic amines is 1. The molecule has 0 saturated carbocycles. The number of imidazole rings is 1. The highest BCUT2D eigenvalue weighted by atomic mass is 35.5. The van der Waals surface area contributed by atoms with Crippen molar-refractivity contribution in [3.05, 3.63) is 52.6 Å². The minimum absolute atomic E-state index is 0.237. The molecule has 1 heterocycles. The van der Waals surface area contributed by atoms with Crippen molar-refractivity contribution in [2.24, 2.45) is 0 Å². The summed E-state index contributed by atoms with van der Waals surface area (Å²) in [6.07, 6.45) is 2.31. The zero-order valence-corrected chi connectivity index (χ0v) is 10.7. The molecule has 0 saturated heterocycles. The quantitative estimate of drug-likeness (QED) is 0.864. The van der Waals surface area contributed by atoms with Crippen LogP contribution in [0.15, 0.2) is 30.5 Å². The van der Waals surface area contributed by atoms with Crippen LogP contribution in [-0.4, -0.2) is 22.5 Å². The Kier molecular flexibility index (Phi) is 3.99. The Morgan fingerprint density at radius 1 is 1.39 bits per heavy atom. The highest BCUT2D eigenvalue weighted by molar-refractivity contribution is 6.30. The predicted octanol–water partition coefficient (Wildman–Crippen LogP) is 2.83. The highest BCUT2D eigenvalue weighted by Crippen LogP contribution is 2.12. The van der Waals surface area contributed by atoms with Gasteiger partial charge in [-0.05, 0) is 24.6 Å². The molecule has 0 amide bonds. The molecule has 0 fully saturated rings. The van der Waals surface area contributed by atoms with Crippen LogP contribution in [0.2, 0.25) is 5.02 Å². The molecule has 0 aliphatic carbocycles. The molecule has 0 aliphatic rings. The lowest BCUT2D eigenvalue weighted by Gasteiger charge is -1.99. The van der Waals surface area contributed by atoms with Crippen molar-refractivity contribution in [1.82, 2.24) is 9.97 Å². The summed E-state index contributed by atoms with van der Waals surface area (Å²) in [5.41, 5.74) is 1.96. The number of hydrogen-bond acceptors (Lipinski definition) is 3. The number of hydrogen-bond donors (Lipinski definition) is 1. The molecular weight excluding hydrogens is 252 g/mol. The molecule has 1 N–H and O–H groups in total. The summed E-state index contributed by atoms with van der Waals surface area (Å²) in [7, 11) is 0. The van der Waals surface area contributed by atoms with E-state index in [-0.39, 0.29) is 5.82 Å². The number of esters is 1. The maximum atomic E-state index is 11.4. The van der Waals surface area contributed by atoms with Gasteiger partial charge in [-0.3, -0.25) is 0 Å². The van der Waals surface area contributed by atoms with Gasteiger partial charge in [0.1, 0.15) is 0 Å². The first-order valence-corrected chi connectivity index (χ1v) is 6.02. The van der Waals surface area contributed by atoms with E-state index in [1.54, 1.807) is 13.1 Å². The van der Waals surface area contributed by atoms with Crippen LogP contribution in [0.3, 0.4) is 0 Å². The third-order valence-electron chi connectivity index (χ3n) is 2.41. The lowest BCUT2D eigenvalue weighted by molar-refractivity contribution is 0.0513. The second kappa shape index (κ2) is 5.69. The van der Waals surface area contributed by atoms with Gasteiger partial charge in [0.05, 0.1) is 6.61 Å². The van der Waals surface area contributed by atoms with Crippen LogP contribution in [0.5, 0.6) is 0 Å². The monoisotopic (exact) mass is 264 g/mol. The standard InChI is InChI=1S/C13H13ClN2O2/c1-2-18-13(17)12-15-8-11(16-12)7-9-3-5-10(14)6-4-9/h3-6,8H,2,7H2,1H3,(H,15,16). The largest absolute Gasteiger partial charge is 0.460 e. The topological polar surface area (TPSA) is 55.0 Å². The van der Waals surface area contributed by atoms with Crippen molar-refractivity contribution in [2.45, 2.75) is 13.3 Å². The number of nitrogens with one attached hydrogen (secondary N) is 1. The van der Waals surface area contributed by atoms with Gasteiger partial charge in [-0.2, -0.15) is 0 Å². The van der Waals surface area contributed by atoms with Gasteiger partial charge in [0.2, 0.25) is 5.82 Å².